The molecule has 5 nitrogen and oxygen atoms in total. The summed E-state index contributed by atoms with van der Waals surface area (Å²) < 4.78 is 15.3. The topological polar surface area (TPSA) is 51.5 Å². The SMILES string of the molecule is CCC[CH2][Sn]([CH]=CCN(C(=O)OC(C)(C)C)c1ccc2c(ccn2C(=O)c2ccccc2)c1I)([CH2]CCC)[CH2]CCC. The van der Waals surface area contributed by atoms with E-state index < -0.39 is 24.0 Å². The van der Waals surface area contributed by atoms with E-state index in [0.717, 1.165) is 20.2 Å². The molecule has 3 aromatic rings. The number of fused-ring (bicyclic) bond motifs is 1. The van der Waals surface area contributed by atoms with E-state index in [9.17, 15) is 9.59 Å². The van der Waals surface area contributed by atoms with Crippen LogP contribution in [0, 0.1) is 3.57 Å². The van der Waals surface area contributed by atoms with Gasteiger partial charge in [0.1, 0.15) is 0 Å². The Labute approximate surface area is 271 Å². The molecule has 1 amide bonds. The minimum atomic E-state index is -2.51. The predicted octanol–water partition coefficient (Wildman–Crippen LogP) is 10.6. The predicted molar refractivity (Wildman–Crippen MR) is 188 cm³/mol. The third-order valence-corrected chi connectivity index (χ3v) is 23.2. The summed E-state index contributed by atoms with van der Waals surface area (Å²) in [4.78, 5) is 28.7. The van der Waals surface area contributed by atoms with Crippen molar-refractivity contribution in [3.63, 3.8) is 0 Å². The Morgan fingerprint density at radius 3 is 2.05 bits per heavy atom. The normalized spacial score (nSPS) is 12.3. The van der Waals surface area contributed by atoms with Gasteiger partial charge in [0.05, 0.1) is 0 Å². The standard InChI is InChI=1S/C23H22IN2O3.3C4H9.Sn/c1-5-14-26(22(28)29-23(2,3)4)19-12-11-18-17(20(19)24)13-15-25(18)21(27)16-9-7-6-8-10-16;3*1-3-4-2;/h1,5-13,15H,14H2,2-4H3;3*1,3-4H2,2H3;. The molecular formula is C35H49IN2O3Sn. The molecule has 2 aromatic carbocycles. The average molecular weight is 791 g/mol. The zero-order chi connectivity index (χ0) is 30.8. The van der Waals surface area contributed by atoms with Crippen LogP contribution in [0.15, 0.2) is 64.9 Å². The molecule has 0 atom stereocenters. The van der Waals surface area contributed by atoms with Gasteiger partial charge in [0, 0.05) is 0 Å². The third-order valence-electron chi connectivity index (χ3n) is 7.77. The van der Waals surface area contributed by atoms with E-state index >= 15 is 0 Å². The van der Waals surface area contributed by atoms with Crippen LogP contribution in [0.2, 0.25) is 13.3 Å². The number of hydrogen-bond donors (Lipinski definition) is 0. The number of carbonyl (C=O) groups is 2. The van der Waals surface area contributed by atoms with Crippen LogP contribution in [-0.4, -0.2) is 47.1 Å². The van der Waals surface area contributed by atoms with Crippen molar-refractivity contribution in [2.45, 2.75) is 99.0 Å². The number of ether oxygens (including phenoxy) is 1. The second-order valence-electron chi connectivity index (χ2n) is 12.4. The van der Waals surface area contributed by atoms with Gasteiger partial charge in [-0.25, -0.2) is 0 Å². The van der Waals surface area contributed by atoms with Crippen LogP contribution in [0.25, 0.3) is 10.9 Å². The van der Waals surface area contributed by atoms with Gasteiger partial charge in [-0.1, -0.05) is 18.2 Å². The van der Waals surface area contributed by atoms with E-state index in [1.807, 2.05) is 75.5 Å². The van der Waals surface area contributed by atoms with Crippen LogP contribution in [-0.2, 0) is 4.74 Å². The fourth-order valence-corrected chi connectivity index (χ4v) is 20.8. The van der Waals surface area contributed by atoms with Crippen LogP contribution in [0.4, 0.5) is 10.5 Å². The van der Waals surface area contributed by atoms with E-state index in [2.05, 4.69) is 53.5 Å². The van der Waals surface area contributed by atoms with Crippen LogP contribution >= 0.6 is 22.6 Å². The van der Waals surface area contributed by atoms with E-state index in [0.29, 0.717) is 12.1 Å². The van der Waals surface area contributed by atoms with Crippen molar-refractivity contribution in [3.05, 3.63) is 74.0 Å². The zero-order valence-electron chi connectivity index (χ0n) is 26.4. The monoisotopic (exact) mass is 792 g/mol. The summed E-state index contributed by atoms with van der Waals surface area (Å²) in [7, 11) is 0. The van der Waals surface area contributed by atoms with Gasteiger partial charge in [0.25, 0.3) is 0 Å². The number of aromatic nitrogens is 1. The molecular weight excluding hydrogens is 742 g/mol. The van der Waals surface area contributed by atoms with Gasteiger partial charge in [-0.2, -0.15) is 0 Å². The molecule has 0 aliphatic rings. The van der Waals surface area contributed by atoms with Gasteiger partial charge < -0.3 is 0 Å². The number of anilines is 1. The van der Waals surface area contributed by atoms with Crippen molar-refractivity contribution in [2.24, 2.45) is 0 Å². The Kier molecular flexibility index (Phi) is 13.5. The number of nitrogens with zero attached hydrogens (tertiary/aromatic N) is 2. The molecule has 0 radical (unpaired) electrons. The number of rotatable bonds is 14. The molecule has 228 valence electrons. The van der Waals surface area contributed by atoms with Gasteiger partial charge in [-0.05, 0) is 0 Å². The molecule has 7 heteroatoms. The molecule has 42 heavy (non-hydrogen) atoms. The molecule has 0 spiro atoms. The summed E-state index contributed by atoms with van der Waals surface area (Å²) in [5, 5.41) is 0.942. The van der Waals surface area contributed by atoms with Crippen molar-refractivity contribution in [1.82, 2.24) is 4.57 Å². The minimum absolute atomic E-state index is 0.0730. The fourth-order valence-electron chi connectivity index (χ4n) is 5.48. The fraction of sp³-hybridized carbons (Fsp3) is 0.486. The number of benzene rings is 2. The van der Waals surface area contributed by atoms with Crippen LogP contribution in [0.3, 0.4) is 0 Å². The van der Waals surface area contributed by atoms with Gasteiger partial charge in [0.2, 0.25) is 0 Å². The molecule has 3 rings (SSSR count). The van der Waals surface area contributed by atoms with Crippen molar-refractivity contribution in [3.8, 4) is 0 Å². The number of carbonyl (C=O) groups excluding carboxylic acids is 2. The Bertz CT molecular complexity index is 1320. The summed E-state index contributed by atoms with van der Waals surface area (Å²) in [6.07, 6.45) is 11.4. The summed E-state index contributed by atoms with van der Waals surface area (Å²) in [6, 6.07) is 15.2. The van der Waals surface area contributed by atoms with Crippen molar-refractivity contribution in [1.29, 1.82) is 0 Å². The molecule has 0 bridgehead atoms. The summed E-state index contributed by atoms with van der Waals surface area (Å²) in [5.41, 5.74) is 1.67. The first kappa shape index (κ1) is 34.7. The van der Waals surface area contributed by atoms with E-state index in [-0.39, 0.29) is 12.0 Å². The van der Waals surface area contributed by atoms with Gasteiger partial charge in [-0.15, -0.1) is 0 Å². The first-order valence-corrected chi connectivity index (χ1v) is 24.4. The molecule has 0 aliphatic heterocycles. The quantitative estimate of drug-likeness (QED) is 0.121. The summed E-state index contributed by atoms with van der Waals surface area (Å²) >= 11 is -0.201. The van der Waals surface area contributed by atoms with Gasteiger partial charge in [-0.3, -0.25) is 0 Å². The summed E-state index contributed by atoms with van der Waals surface area (Å²) in [6.45, 7) is 13.1. The first-order chi connectivity index (χ1) is 20.1. The molecule has 1 aromatic heterocycles. The Morgan fingerprint density at radius 1 is 0.905 bits per heavy atom. The molecule has 0 unspecified atom stereocenters. The van der Waals surface area contributed by atoms with Crippen molar-refractivity contribution >= 4 is 69.6 Å². The van der Waals surface area contributed by atoms with Gasteiger partial charge in [0.15, 0.2) is 0 Å². The Morgan fingerprint density at radius 2 is 1.50 bits per heavy atom. The molecule has 0 N–H and O–H groups in total. The van der Waals surface area contributed by atoms with E-state index in [4.69, 9.17) is 4.74 Å². The summed E-state index contributed by atoms with van der Waals surface area (Å²) in [5.74, 6) is -0.0730. The zero-order valence-corrected chi connectivity index (χ0v) is 31.4. The number of amides is 1. The maximum absolute atomic E-state index is 13.6. The van der Waals surface area contributed by atoms with E-state index in [1.54, 1.807) is 9.47 Å². The second kappa shape index (κ2) is 16.3. The Balaban J connectivity index is 2.00. The van der Waals surface area contributed by atoms with Crippen LogP contribution < -0.4 is 4.90 Å². The second-order valence-corrected chi connectivity index (χ2v) is 26.4. The first-order valence-electron chi connectivity index (χ1n) is 15.6. The molecule has 0 aliphatic carbocycles. The van der Waals surface area contributed by atoms with E-state index in [1.165, 1.54) is 51.8 Å². The molecule has 0 saturated heterocycles. The number of hydrogen-bond acceptors (Lipinski definition) is 3. The van der Waals surface area contributed by atoms with Crippen LogP contribution in [0.5, 0.6) is 0 Å². The molecule has 1 heterocycles. The number of unbranched alkanes of at least 4 members (excludes halogenated alkanes) is 3. The van der Waals surface area contributed by atoms with Crippen molar-refractivity contribution < 1.29 is 14.3 Å². The molecule has 0 saturated carbocycles. The average Bonchev–Trinajstić information content (AvgIpc) is 3.40. The third kappa shape index (κ3) is 9.34. The maximum atomic E-state index is 13.6. The van der Waals surface area contributed by atoms with Crippen molar-refractivity contribution in [2.75, 3.05) is 11.4 Å². The number of halogens is 1. The molecule has 0 fully saturated rings. The Hall–Kier alpha value is -1.81. The van der Waals surface area contributed by atoms with Gasteiger partial charge >= 0.3 is 255 Å². The van der Waals surface area contributed by atoms with Crippen LogP contribution in [0.1, 0.15) is 90.4 Å².